The molecule has 1 aromatic carbocycles. The normalized spacial score (nSPS) is 27.8. The fraction of sp³-hybridized carbons (Fsp3) is 0.571. The van der Waals surface area contributed by atoms with Crippen molar-refractivity contribution >= 4 is 17.5 Å². The number of nitrogens with zero attached hydrogens (tertiary/aromatic N) is 2. The molecule has 158 valence electrons. The first-order valence-electron chi connectivity index (χ1n) is 9.78. The maximum absolute atomic E-state index is 14.6. The zero-order valence-electron chi connectivity index (χ0n) is 16.9. The van der Waals surface area contributed by atoms with Gasteiger partial charge < -0.3 is 15.6 Å². The number of alkyl halides is 1. The minimum absolute atomic E-state index is 0.0638. The van der Waals surface area contributed by atoms with Crippen LogP contribution in [-0.4, -0.2) is 53.1 Å². The number of hydrogen-bond acceptors (Lipinski definition) is 6. The molecular formula is C21H27F2N3O3. The topological polar surface area (TPSA) is 97.3 Å². The minimum Gasteiger partial charge on any atom is -0.456 e. The molecule has 0 saturated heterocycles. The van der Waals surface area contributed by atoms with Crippen molar-refractivity contribution in [1.82, 2.24) is 0 Å². The summed E-state index contributed by atoms with van der Waals surface area (Å²) >= 11 is 0. The van der Waals surface area contributed by atoms with Crippen LogP contribution in [0.5, 0.6) is 0 Å². The van der Waals surface area contributed by atoms with Gasteiger partial charge >= 0.3 is 5.97 Å². The van der Waals surface area contributed by atoms with E-state index in [4.69, 9.17) is 10.5 Å². The number of rotatable bonds is 3. The highest BCUT2D eigenvalue weighted by molar-refractivity contribution is 6.47. The molecule has 1 aliphatic carbocycles. The predicted octanol–water partition coefficient (Wildman–Crippen LogP) is 2.81. The van der Waals surface area contributed by atoms with E-state index in [1.165, 1.54) is 12.1 Å². The summed E-state index contributed by atoms with van der Waals surface area (Å²) in [5.41, 5.74) is 5.80. The minimum atomic E-state index is -1.28. The molecule has 3 N–H and O–H groups in total. The summed E-state index contributed by atoms with van der Waals surface area (Å²) in [4.78, 5) is 21.1. The Morgan fingerprint density at radius 2 is 2.03 bits per heavy atom. The number of aliphatic hydroxyl groups excluding tert-OH is 1. The van der Waals surface area contributed by atoms with Crippen molar-refractivity contribution in [1.29, 1.82) is 0 Å². The summed E-state index contributed by atoms with van der Waals surface area (Å²) in [5.74, 6) is -1.37. The lowest BCUT2D eigenvalue weighted by molar-refractivity contribution is 0.00647. The third kappa shape index (κ3) is 4.98. The van der Waals surface area contributed by atoms with Gasteiger partial charge in [-0.2, -0.15) is 0 Å². The number of ether oxygens (including phenoxy) is 1. The van der Waals surface area contributed by atoms with Gasteiger partial charge in [-0.3, -0.25) is 9.98 Å². The van der Waals surface area contributed by atoms with E-state index >= 15 is 0 Å². The summed E-state index contributed by atoms with van der Waals surface area (Å²) in [6, 6.07) is 3.80. The van der Waals surface area contributed by atoms with Crippen LogP contribution >= 0.6 is 0 Å². The van der Waals surface area contributed by atoms with Crippen LogP contribution in [0.4, 0.5) is 8.78 Å². The Labute approximate surface area is 168 Å². The van der Waals surface area contributed by atoms with Gasteiger partial charge in [0.2, 0.25) is 0 Å². The van der Waals surface area contributed by atoms with Crippen molar-refractivity contribution in [2.45, 2.75) is 64.0 Å². The first-order valence-corrected chi connectivity index (χ1v) is 9.78. The number of nitrogens with two attached hydrogens (primary N) is 1. The van der Waals surface area contributed by atoms with Gasteiger partial charge in [0, 0.05) is 5.56 Å². The van der Waals surface area contributed by atoms with E-state index in [1.807, 2.05) is 0 Å². The number of halogens is 2. The fourth-order valence-electron chi connectivity index (χ4n) is 3.66. The third-order valence-electron chi connectivity index (χ3n) is 5.17. The molecule has 8 heteroatoms. The van der Waals surface area contributed by atoms with Gasteiger partial charge in [-0.25, -0.2) is 13.6 Å². The van der Waals surface area contributed by atoms with Crippen molar-refractivity contribution in [2.75, 3.05) is 6.54 Å². The first-order chi connectivity index (χ1) is 13.5. The lowest BCUT2D eigenvalue weighted by Crippen LogP contribution is -2.40. The molecule has 1 aliphatic heterocycles. The lowest BCUT2D eigenvalue weighted by Gasteiger charge is -2.33. The maximum Gasteiger partial charge on any atom is 0.341 e. The van der Waals surface area contributed by atoms with Gasteiger partial charge in [0.15, 0.2) is 0 Å². The second kappa shape index (κ2) is 8.18. The zero-order chi connectivity index (χ0) is 21.3. The highest BCUT2D eigenvalue weighted by Gasteiger charge is 2.35. The van der Waals surface area contributed by atoms with Gasteiger partial charge in [-0.1, -0.05) is 6.07 Å². The number of amidine groups is 1. The molecule has 1 saturated carbocycles. The molecule has 0 bridgehead atoms. The quantitative estimate of drug-likeness (QED) is 0.753. The smallest absolute Gasteiger partial charge is 0.341 e. The monoisotopic (exact) mass is 407 g/mol. The molecule has 1 fully saturated rings. The third-order valence-corrected chi connectivity index (χ3v) is 5.17. The molecule has 29 heavy (non-hydrogen) atoms. The molecule has 4 atom stereocenters. The van der Waals surface area contributed by atoms with Crippen LogP contribution in [0.15, 0.2) is 28.2 Å². The molecule has 0 radical (unpaired) electrons. The summed E-state index contributed by atoms with van der Waals surface area (Å²) in [6.07, 6.45) is -0.970. The summed E-state index contributed by atoms with van der Waals surface area (Å²) < 4.78 is 33.7. The molecule has 1 heterocycles. The van der Waals surface area contributed by atoms with Crippen molar-refractivity contribution < 1.29 is 23.4 Å². The number of hydrogen-bond donors (Lipinski definition) is 2. The average molecular weight is 407 g/mol. The summed E-state index contributed by atoms with van der Waals surface area (Å²) in [5, 5.41) is 9.60. The molecule has 3 rings (SSSR count). The van der Waals surface area contributed by atoms with Crippen LogP contribution in [0, 0.1) is 11.7 Å². The molecular weight excluding hydrogens is 380 g/mol. The van der Waals surface area contributed by atoms with E-state index in [0.29, 0.717) is 30.7 Å². The molecule has 0 amide bonds. The van der Waals surface area contributed by atoms with E-state index in [-0.39, 0.29) is 29.8 Å². The van der Waals surface area contributed by atoms with Gasteiger partial charge in [-0.05, 0) is 58.1 Å². The van der Waals surface area contributed by atoms with Crippen LogP contribution in [0.3, 0.4) is 0 Å². The Bertz CT molecular complexity index is 848. The van der Waals surface area contributed by atoms with Crippen LogP contribution in [0.25, 0.3) is 0 Å². The van der Waals surface area contributed by atoms with E-state index in [0.717, 1.165) is 0 Å². The Morgan fingerprint density at radius 1 is 1.31 bits per heavy atom. The number of carbonyl (C=O) groups excluding carboxylic acids is 1. The lowest BCUT2D eigenvalue weighted by atomic mass is 9.81. The van der Waals surface area contributed by atoms with Gasteiger partial charge in [0.05, 0.1) is 24.3 Å². The van der Waals surface area contributed by atoms with E-state index in [2.05, 4.69) is 9.98 Å². The number of aliphatic hydroxyl groups is 1. The second-order valence-electron chi connectivity index (χ2n) is 8.62. The van der Waals surface area contributed by atoms with Crippen molar-refractivity contribution in [3.63, 3.8) is 0 Å². The van der Waals surface area contributed by atoms with Gasteiger partial charge in [0.1, 0.15) is 29.1 Å². The highest BCUT2D eigenvalue weighted by atomic mass is 19.1. The van der Waals surface area contributed by atoms with Crippen LogP contribution in [0.1, 0.15) is 56.0 Å². The zero-order valence-corrected chi connectivity index (χ0v) is 16.9. The van der Waals surface area contributed by atoms with Crippen molar-refractivity contribution in [2.24, 2.45) is 21.6 Å². The van der Waals surface area contributed by atoms with Gasteiger partial charge in [0.25, 0.3) is 0 Å². The molecule has 1 unspecified atom stereocenters. The number of benzene rings is 1. The summed E-state index contributed by atoms with van der Waals surface area (Å²) in [7, 11) is 0. The average Bonchev–Trinajstić information content (AvgIpc) is 2.63. The number of carbonyl (C=O) groups is 1. The Balaban J connectivity index is 1.82. The van der Waals surface area contributed by atoms with Gasteiger partial charge in [-0.15, -0.1) is 0 Å². The Kier molecular flexibility index (Phi) is 6.03. The number of aliphatic imine (C=N–C) groups is 2. The number of esters is 1. The Hall–Kier alpha value is -2.35. The largest absolute Gasteiger partial charge is 0.456 e. The standard InChI is InChI=1S/C21H27F2N3O3/c1-21(2,3)29-20(28)13-6-4-12(9-14(13)22)18-19(24)25-10-16(26-18)11-5-7-17(27)15(23)8-11/h4,6,9,11,15-17,27H,5,7-8,10H2,1-3H3,(H2,24,25)/t11-,15-,16?,17-/m1/s1. The summed E-state index contributed by atoms with van der Waals surface area (Å²) in [6.45, 7) is 5.45. The molecule has 0 aromatic heterocycles. The maximum atomic E-state index is 14.6. The van der Waals surface area contributed by atoms with E-state index < -0.39 is 29.7 Å². The van der Waals surface area contributed by atoms with E-state index in [9.17, 15) is 18.7 Å². The molecule has 1 aromatic rings. The van der Waals surface area contributed by atoms with Crippen molar-refractivity contribution in [3.05, 3.63) is 35.1 Å². The van der Waals surface area contributed by atoms with Crippen LogP contribution in [0.2, 0.25) is 0 Å². The second-order valence-corrected chi connectivity index (χ2v) is 8.62. The molecule has 2 aliphatic rings. The van der Waals surface area contributed by atoms with Crippen LogP contribution in [-0.2, 0) is 4.74 Å². The van der Waals surface area contributed by atoms with Crippen LogP contribution < -0.4 is 5.73 Å². The molecule has 6 nitrogen and oxygen atoms in total. The highest BCUT2D eigenvalue weighted by Crippen LogP contribution is 2.32. The fourth-order valence-corrected chi connectivity index (χ4v) is 3.66. The Morgan fingerprint density at radius 3 is 2.66 bits per heavy atom. The first kappa shape index (κ1) is 21.4. The predicted molar refractivity (Wildman–Crippen MR) is 107 cm³/mol. The SMILES string of the molecule is CC(C)(C)OC(=O)c1ccc(C2=NC([C@@H]3CC[C@@H](O)[C@H](F)C3)CN=C2N)cc1F. The van der Waals surface area contributed by atoms with E-state index in [1.54, 1.807) is 26.8 Å². The molecule has 0 spiro atoms. The van der Waals surface area contributed by atoms with Crippen molar-refractivity contribution in [3.8, 4) is 0 Å².